The molecular weight excluding hydrogens is 182 g/mol. The van der Waals surface area contributed by atoms with Crippen LogP contribution < -0.4 is 5.73 Å². The number of amidine groups is 1. The molecule has 0 bridgehead atoms. The summed E-state index contributed by atoms with van der Waals surface area (Å²) in [6.45, 7) is 0.746. The Kier molecular flexibility index (Phi) is 2.31. The van der Waals surface area contributed by atoms with E-state index in [4.69, 9.17) is 10.9 Å². The van der Waals surface area contributed by atoms with Crippen LogP contribution in [0.2, 0.25) is 0 Å². The predicted molar refractivity (Wildman–Crippen MR) is 50.9 cm³/mol. The van der Waals surface area contributed by atoms with Crippen molar-refractivity contribution in [3.8, 4) is 0 Å². The number of rotatable bonds is 2. The van der Waals surface area contributed by atoms with Crippen LogP contribution in [0.25, 0.3) is 0 Å². The highest BCUT2D eigenvalue weighted by Crippen LogP contribution is 2.33. The highest BCUT2D eigenvalue weighted by Gasteiger charge is 2.39. The Bertz CT molecular complexity index is 273. The average Bonchev–Trinajstić information content (AvgIpc) is 2.93. The fourth-order valence-electron chi connectivity index (χ4n) is 1.97. The maximum absolute atomic E-state index is 11.8. The predicted octanol–water partition coefficient (Wildman–Crippen LogP) is 0.134. The maximum Gasteiger partial charge on any atom is 0.226 e. The summed E-state index contributed by atoms with van der Waals surface area (Å²) in [5.41, 5.74) is 5.53. The SMILES string of the molecule is NC(=NO)C1CCCN1C(=O)C1CC1. The average molecular weight is 197 g/mol. The highest BCUT2D eigenvalue weighted by atomic mass is 16.4. The molecule has 1 heterocycles. The van der Waals surface area contributed by atoms with E-state index in [0.29, 0.717) is 0 Å². The number of oxime groups is 1. The van der Waals surface area contributed by atoms with Gasteiger partial charge in [-0.2, -0.15) is 0 Å². The van der Waals surface area contributed by atoms with E-state index >= 15 is 0 Å². The van der Waals surface area contributed by atoms with Crippen molar-refractivity contribution < 1.29 is 10.0 Å². The molecule has 2 fully saturated rings. The number of amides is 1. The Morgan fingerprint density at radius 2 is 2.14 bits per heavy atom. The lowest BCUT2D eigenvalue weighted by Gasteiger charge is -2.23. The molecule has 0 aromatic carbocycles. The third-order valence-electron chi connectivity index (χ3n) is 2.92. The van der Waals surface area contributed by atoms with E-state index in [2.05, 4.69) is 5.16 Å². The van der Waals surface area contributed by atoms with Crippen LogP contribution in [0, 0.1) is 5.92 Å². The van der Waals surface area contributed by atoms with Gasteiger partial charge in [0.2, 0.25) is 5.91 Å². The first-order valence-corrected chi connectivity index (χ1v) is 5.02. The summed E-state index contributed by atoms with van der Waals surface area (Å²) >= 11 is 0. The summed E-state index contributed by atoms with van der Waals surface area (Å²) in [4.78, 5) is 13.5. The van der Waals surface area contributed by atoms with Crippen LogP contribution in [-0.4, -0.2) is 34.4 Å². The first-order chi connectivity index (χ1) is 6.74. The van der Waals surface area contributed by atoms with Crippen LogP contribution in [0.1, 0.15) is 25.7 Å². The molecule has 1 saturated carbocycles. The zero-order valence-electron chi connectivity index (χ0n) is 8.02. The third kappa shape index (κ3) is 1.54. The normalized spacial score (nSPS) is 28.1. The zero-order chi connectivity index (χ0) is 10.1. The number of nitrogens with zero attached hydrogens (tertiary/aromatic N) is 2. The Balaban J connectivity index is 2.06. The van der Waals surface area contributed by atoms with Crippen LogP contribution >= 0.6 is 0 Å². The molecule has 0 spiro atoms. The van der Waals surface area contributed by atoms with Crippen LogP contribution in [0.15, 0.2) is 5.16 Å². The van der Waals surface area contributed by atoms with Crippen molar-refractivity contribution in [3.63, 3.8) is 0 Å². The third-order valence-corrected chi connectivity index (χ3v) is 2.92. The minimum Gasteiger partial charge on any atom is -0.409 e. The Morgan fingerprint density at radius 1 is 1.43 bits per heavy atom. The number of carbonyl (C=O) groups excluding carboxylic acids is 1. The second kappa shape index (κ2) is 3.48. The van der Waals surface area contributed by atoms with Gasteiger partial charge in [-0.3, -0.25) is 4.79 Å². The van der Waals surface area contributed by atoms with E-state index in [1.165, 1.54) is 0 Å². The summed E-state index contributed by atoms with van der Waals surface area (Å²) < 4.78 is 0. The van der Waals surface area contributed by atoms with Crippen molar-refractivity contribution >= 4 is 11.7 Å². The van der Waals surface area contributed by atoms with E-state index in [9.17, 15) is 4.79 Å². The van der Waals surface area contributed by atoms with Gasteiger partial charge >= 0.3 is 0 Å². The van der Waals surface area contributed by atoms with Crippen molar-refractivity contribution in [1.82, 2.24) is 4.90 Å². The fraction of sp³-hybridized carbons (Fsp3) is 0.778. The highest BCUT2D eigenvalue weighted by molar-refractivity contribution is 5.91. The molecule has 5 heteroatoms. The number of hydrogen-bond acceptors (Lipinski definition) is 3. The molecule has 2 aliphatic rings. The van der Waals surface area contributed by atoms with Crippen molar-refractivity contribution in [2.24, 2.45) is 16.8 Å². The van der Waals surface area contributed by atoms with Crippen molar-refractivity contribution in [2.75, 3.05) is 6.54 Å². The Morgan fingerprint density at radius 3 is 2.71 bits per heavy atom. The monoisotopic (exact) mass is 197 g/mol. The lowest BCUT2D eigenvalue weighted by atomic mass is 10.2. The number of hydrogen-bond donors (Lipinski definition) is 2. The summed E-state index contributed by atoms with van der Waals surface area (Å²) in [6, 6.07) is -0.173. The van der Waals surface area contributed by atoms with Crippen LogP contribution in [-0.2, 0) is 4.79 Å². The molecule has 78 valence electrons. The molecule has 0 aromatic rings. The quantitative estimate of drug-likeness (QED) is 0.286. The van der Waals surface area contributed by atoms with Gasteiger partial charge < -0.3 is 15.8 Å². The van der Waals surface area contributed by atoms with E-state index in [1.807, 2.05) is 0 Å². The molecular formula is C9H15N3O2. The van der Waals surface area contributed by atoms with E-state index in [0.717, 1.165) is 32.2 Å². The first kappa shape index (κ1) is 9.30. The van der Waals surface area contributed by atoms with Crippen molar-refractivity contribution in [1.29, 1.82) is 0 Å². The smallest absolute Gasteiger partial charge is 0.226 e. The van der Waals surface area contributed by atoms with Crippen molar-refractivity contribution in [3.05, 3.63) is 0 Å². The first-order valence-electron chi connectivity index (χ1n) is 5.02. The summed E-state index contributed by atoms with van der Waals surface area (Å²) in [6.07, 6.45) is 3.75. The molecule has 1 aliphatic heterocycles. The van der Waals surface area contributed by atoms with E-state index in [1.54, 1.807) is 4.90 Å². The van der Waals surface area contributed by atoms with Crippen LogP contribution in [0.4, 0.5) is 0 Å². The lowest BCUT2D eigenvalue weighted by molar-refractivity contribution is -0.132. The molecule has 3 N–H and O–H groups in total. The van der Waals surface area contributed by atoms with E-state index < -0.39 is 0 Å². The van der Waals surface area contributed by atoms with Crippen LogP contribution in [0.3, 0.4) is 0 Å². The largest absolute Gasteiger partial charge is 0.409 e. The maximum atomic E-state index is 11.8. The number of carbonyl (C=O) groups is 1. The van der Waals surface area contributed by atoms with Gasteiger partial charge in [0, 0.05) is 12.5 Å². The van der Waals surface area contributed by atoms with Gasteiger partial charge in [0.1, 0.15) is 0 Å². The molecule has 1 aliphatic carbocycles. The van der Waals surface area contributed by atoms with E-state index in [-0.39, 0.29) is 23.7 Å². The fourth-order valence-corrected chi connectivity index (χ4v) is 1.97. The lowest BCUT2D eigenvalue weighted by Crippen LogP contribution is -2.44. The summed E-state index contributed by atoms with van der Waals surface area (Å²) in [5, 5.41) is 11.6. The minimum atomic E-state index is -0.173. The second-order valence-electron chi connectivity index (χ2n) is 3.99. The second-order valence-corrected chi connectivity index (χ2v) is 3.99. The molecule has 2 rings (SSSR count). The molecule has 1 unspecified atom stereocenters. The molecule has 14 heavy (non-hydrogen) atoms. The van der Waals surface area contributed by atoms with Gasteiger partial charge in [0.15, 0.2) is 5.84 Å². The number of nitrogens with two attached hydrogens (primary N) is 1. The van der Waals surface area contributed by atoms with Gasteiger partial charge in [-0.05, 0) is 25.7 Å². The molecule has 5 nitrogen and oxygen atoms in total. The molecule has 0 aromatic heterocycles. The molecule has 1 atom stereocenters. The topological polar surface area (TPSA) is 78.9 Å². The van der Waals surface area contributed by atoms with Crippen LogP contribution in [0.5, 0.6) is 0 Å². The minimum absolute atomic E-state index is 0.163. The zero-order valence-corrected chi connectivity index (χ0v) is 8.02. The Labute approximate surface area is 82.6 Å². The molecule has 0 radical (unpaired) electrons. The van der Waals surface area contributed by atoms with Gasteiger partial charge in [0.05, 0.1) is 6.04 Å². The molecule has 1 amide bonds. The standard InChI is InChI=1S/C9H15N3O2/c10-8(11-14)7-2-1-5-12(7)9(13)6-3-4-6/h6-7,14H,1-5H2,(H2,10,11). The van der Waals surface area contributed by atoms with Gasteiger partial charge in [0.25, 0.3) is 0 Å². The molecule has 1 saturated heterocycles. The summed E-state index contributed by atoms with van der Waals surface area (Å²) in [7, 11) is 0. The summed E-state index contributed by atoms with van der Waals surface area (Å²) in [5.74, 6) is 0.553. The number of likely N-dealkylation sites (tertiary alicyclic amines) is 1. The Hall–Kier alpha value is -1.26. The van der Waals surface area contributed by atoms with Gasteiger partial charge in [-0.25, -0.2) is 0 Å². The van der Waals surface area contributed by atoms with Crippen molar-refractivity contribution in [2.45, 2.75) is 31.7 Å². The van der Waals surface area contributed by atoms with Gasteiger partial charge in [-0.15, -0.1) is 0 Å². The van der Waals surface area contributed by atoms with Gasteiger partial charge in [-0.1, -0.05) is 5.16 Å².